The molecular weight excluding hydrogens is 270 g/mol. The minimum absolute atomic E-state index is 0.723. The Morgan fingerprint density at radius 1 is 1.20 bits per heavy atom. The monoisotopic (exact) mass is 293 g/mol. The molecule has 0 atom stereocenters. The Bertz CT molecular complexity index is 416. The SMILES string of the molecule is COc1ccc(CCNC(=S)NN2CCCCC2)cc1. The molecule has 0 aromatic heterocycles. The van der Waals surface area contributed by atoms with E-state index in [1.807, 2.05) is 12.1 Å². The first-order valence-corrected chi connectivity index (χ1v) is 7.61. The van der Waals surface area contributed by atoms with Gasteiger partial charge in [-0.25, -0.2) is 5.01 Å². The second-order valence-corrected chi connectivity index (χ2v) is 5.42. The smallest absolute Gasteiger partial charge is 0.181 e. The van der Waals surface area contributed by atoms with Crippen molar-refractivity contribution in [2.75, 3.05) is 26.7 Å². The number of methoxy groups -OCH3 is 1. The first-order valence-electron chi connectivity index (χ1n) is 7.20. The molecule has 0 bridgehead atoms. The first-order chi connectivity index (χ1) is 9.78. The van der Waals surface area contributed by atoms with Gasteiger partial charge in [-0.3, -0.25) is 5.43 Å². The molecule has 0 unspecified atom stereocenters. The topological polar surface area (TPSA) is 36.5 Å². The number of hydrazine groups is 1. The maximum atomic E-state index is 5.31. The van der Waals surface area contributed by atoms with Crippen molar-refractivity contribution < 1.29 is 4.74 Å². The first kappa shape index (κ1) is 15.1. The van der Waals surface area contributed by atoms with Crippen molar-refractivity contribution in [1.29, 1.82) is 0 Å². The summed E-state index contributed by atoms with van der Waals surface area (Å²) >= 11 is 5.31. The quantitative estimate of drug-likeness (QED) is 0.813. The third-order valence-electron chi connectivity index (χ3n) is 3.47. The van der Waals surface area contributed by atoms with Gasteiger partial charge in [0.15, 0.2) is 5.11 Å². The van der Waals surface area contributed by atoms with Crippen LogP contribution in [-0.4, -0.2) is 36.9 Å². The van der Waals surface area contributed by atoms with Gasteiger partial charge >= 0.3 is 0 Å². The van der Waals surface area contributed by atoms with Crippen molar-refractivity contribution in [2.45, 2.75) is 25.7 Å². The van der Waals surface area contributed by atoms with Gasteiger partial charge in [-0.05, 0) is 49.2 Å². The highest BCUT2D eigenvalue weighted by molar-refractivity contribution is 7.80. The molecule has 1 aliphatic heterocycles. The van der Waals surface area contributed by atoms with Gasteiger partial charge in [0.25, 0.3) is 0 Å². The van der Waals surface area contributed by atoms with E-state index in [9.17, 15) is 0 Å². The Balaban J connectivity index is 1.65. The van der Waals surface area contributed by atoms with Crippen molar-refractivity contribution in [2.24, 2.45) is 0 Å². The number of nitrogens with zero attached hydrogens (tertiary/aromatic N) is 1. The van der Waals surface area contributed by atoms with E-state index in [2.05, 4.69) is 27.9 Å². The molecule has 0 amide bonds. The van der Waals surface area contributed by atoms with Gasteiger partial charge in [0.1, 0.15) is 5.75 Å². The highest BCUT2D eigenvalue weighted by Gasteiger charge is 2.10. The molecule has 110 valence electrons. The molecular formula is C15H23N3OS. The van der Waals surface area contributed by atoms with Crippen LogP contribution >= 0.6 is 12.2 Å². The number of hydrogen-bond donors (Lipinski definition) is 2. The Morgan fingerprint density at radius 2 is 1.90 bits per heavy atom. The maximum Gasteiger partial charge on any atom is 0.181 e. The summed E-state index contributed by atoms with van der Waals surface area (Å²) in [6, 6.07) is 8.14. The zero-order valence-corrected chi connectivity index (χ0v) is 12.8. The lowest BCUT2D eigenvalue weighted by Crippen LogP contribution is -2.49. The molecule has 20 heavy (non-hydrogen) atoms. The van der Waals surface area contributed by atoms with Crippen LogP contribution in [0.1, 0.15) is 24.8 Å². The summed E-state index contributed by atoms with van der Waals surface area (Å²) in [5, 5.41) is 6.18. The van der Waals surface area contributed by atoms with Crippen LogP contribution in [0.2, 0.25) is 0 Å². The van der Waals surface area contributed by atoms with Gasteiger partial charge in [-0.1, -0.05) is 18.6 Å². The summed E-state index contributed by atoms with van der Waals surface area (Å²) in [6.45, 7) is 3.01. The lowest BCUT2D eigenvalue weighted by atomic mass is 10.1. The molecule has 2 N–H and O–H groups in total. The fraction of sp³-hybridized carbons (Fsp3) is 0.533. The van der Waals surface area contributed by atoms with Gasteiger partial charge in [0.2, 0.25) is 0 Å². The summed E-state index contributed by atoms with van der Waals surface area (Å²) in [5.41, 5.74) is 4.53. The standard InChI is InChI=1S/C15H23N3OS/c1-19-14-7-5-13(6-8-14)9-10-16-15(20)17-18-11-3-2-4-12-18/h5-8H,2-4,9-12H2,1H3,(H2,16,17,20). The maximum absolute atomic E-state index is 5.31. The molecule has 2 rings (SSSR count). The summed E-state index contributed by atoms with van der Waals surface area (Å²) in [7, 11) is 1.68. The number of ether oxygens (including phenoxy) is 1. The Labute approximate surface area is 126 Å². The number of thiocarbonyl (C=S) groups is 1. The number of hydrogen-bond acceptors (Lipinski definition) is 3. The van der Waals surface area contributed by atoms with Crippen LogP contribution in [0.3, 0.4) is 0 Å². The molecule has 1 aromatic rings. The van der Waals surface area contributed by atoms with Gasteiger partial charge in [-0.15, -0.1) is 0 Å². The predicted molar refractivity (Wildman–Crippen MR) is 85.9 cm³/mol. The van der Waals surface area contributed by atoms with Gasteiger partial charge < -0.3 is 10.1 Å². The van der Waals surface area contributed by atoms with Crippen molar-refractivity contribution in [1.82, 2.24) is 15.8 Å². The van der Waals surface area contributed by atoms with Crippen molar-refractivity contribution >= 4 is 17.3 Å². The number of benzene rings is 1. The van der Waals surface area contributed by atoms with E-state index in [-0.39, 0.29) is 0 Å². The van der Waals surface area contributed by atoms with Crippen LogP contribution in [0.15, 0.2) is 24.3 Å². The average molecular weight is 293 g/mol. The lowest BCUT2D eigenvalue weighted by Gasteiger charge is -2.28. The molecule has 5 heteroatoms. The largest absolute Gasteiger partial charge is 0.497 e. The summed E-state index contributed by atoms with van der Waals surface area (Å²) in [4.78, 5) is 0. The van der Waals surface area contributed by atoms with Crippen LogP contribution in [0, 0.1) is 0 Å². The fourth-order valence-corrected chi connectivity index (χ4v) is 2.53. The molecule has 0 spiro atoms. The summed E-state index contributed by atoms with van der Waals surface area (Å²) in [6.07, 6.45) is 4.78. The van der Waals surface area contributed by atoms with E-state index in [4.69, 9.17) is 17.0 Å². The van der Waals surface area contributed by atoms with E-state index >= 15 is 0 Å². The highest BCUT2D eigenvalue weighted by Crippen LogP contribution is 2.11. The number of nitrogens with one attached hydrogen (secondary N) is 2. The molecule has 1 saturated heterocycles. The minimum atomic E-state index is 0.723. The molecule has 1 aromatic carbocycles. The summed E-state index contributed by atoms with van der Waals surface area (Å²) in [5.74, 6) is 0.893. The Hall–Kier alpha value is -1.33. The highest BCUT2D eigenvalue weighted by atomic mass is 32.1. The van der Waals surface area contributed by atoms with Gasteiger partial charge in [0, 0.05) is 19.6 Å². The Morgan fingerprint density at radius 3 is 2.55 bits per heavy atom. The molecule has 4 nitrogen and oxygen atoms in total. The third-order valence-corrected chi connectivity index (χ3v) is 3.71. The van der Waals surface area contributed by atoms with Crippen LogP contribution in [0.25, 0.3) is 0 Å². The van der Waals surface area contributed by atoms with Crippen LogP contribution < -0.4 is 15.5 Å². The third kappa shape index (κ3) is 4.98. The summed E-state index contributed by atoms with van der Waals surface area (Å²) < 4.78 is 5.14. The molecule has 1 aliphatic rings. The fourth-order valence-electron chi connectivity index (χ4n) is 2.30. The zero-order chi connectivity index (χ0) is 14.2. The van der Waals surface area contributed by atoms with E-state index in [1.54, 1.807) is 7.11 Å². The molecule has 0 saturated carbocycles. The number of piperidine rings is 1. The minimum Gasteiger partial charge on any atom is -0.497 e. The average Bonchev–Trinajstić information content (AvgIpc) is 2.49. The molecule has 1 heterocycles. The molecule has 0 radical (unpaired) electrons. The predicted octanol–water partition coefficient (Wildman–Crippen LogP) is 2.10. The van der Waals surface area contributed by atoms with Gasteiger partial charge in [-0.2, -0.15) is 0 Å². The Kier molecular flexibility index (Phi) is 6.08. The van der Waals surface area contributed by atoms with E-state index < -0.39 is 0 Å². The molecule has 1 fully saturated rings. The van der Waals surface area contributed by atoms with Crippen LogP contribution in [0.4, 0.5) is 0 Å². The van der Waals surface area contributed by atoms with Crippen LogP contribution in [0.5, 0.6) is 5.75 Å². The lowest BCUT2D eigenvalue weighted by molar-refractivity contribution is 0.193. The van der Waals surface area contributed by atoms with Crippen molar-refractivity contribution in [3.8, 4) is 5.75 Å². The van der Waals surface area contributed by atoms with Crippen molar-refractivity contribution in [3.05, 3.63) is 29.8 Å². The molecule has 0 aliphatic carbocycles. The second-order valence-electron chi connectivity index (χ2n) is 5.01. The van der Waals surface area contributed by atoms with Crippen molar-refractivity contribution in [3.63, 3.8) is 0 Å². The zero-order valence-electron chi connectivity index (χ0n) is 12.0. The number of rotatable bonds is 5. The van der Waals surface area contributed by atoms with E-state index in [0.29, 0.717) is 0 Å². The van der Waals surface area contributed by atoms with Gasteiger partial charge in [0.05, 0.1) is 7.11 Å². The van der Waals surface area contributed by atoms with E-state index in [0.717, 1.165) is 36.9 Å². The van der Waals surface area contributed by atoms with E-state index in [1.165, 1.54) is 24.8 Å². The second kappa shape index (κ2) is 8.07. The van der Waals surface area contributed by atoms with Crippen LogP contribution in [-0.2, 0) is 6.42 Å². The normalized spacial score (nSPS) is 15.7.